The van der Waals surface area contributed by atoms with Crippen LogP contribution in [0, 0.1) is 0 Å². The van der Waals surface area contributed by atoms with E-state index < -0.39 is 5.60 Å². The van der Waals surface area contributed by atoms with Crippen molar-refractivity contribution >= 4 is 11.5 Å². The highest BCUT2D eigenvalue weighted by Crippen LogP contribution is 2.20. The molecule has 0 radical (unpaired) electrons. The van der Waals surface area contributed by atoms with Crippen molar-refractivity contribution in [1.82, 2.24) is 15.1 Å². The van der Waals surface area contributed by atoms with E-state index in [4.69, 9.17) is 4.74 Å². The highest BCUT2D eigenvalue weighted by atomic mass is 16.5. The summed E-state index contributed by atoms with van der Waals surface area (Å²) >= 11 is 0. The SMILES string of the molecule is COc1cccc(C(C)=CC(=O)NCC(C)(O)c2cnn(C)c2)c1. The van der Waals surface area contributed by atoms with Crippen LogP contribution >= 0.6 is 0 Å². The number of rotatable bonds is 6. The van der Waals surface area contributed by atoms with Gasteiger partial charge in [0.25, 0.3) is 0 Å². The summed E-state index contributed by atoms with van der Waals surface area (Å²) in [7, 11) is 3.38. The van der Waals surface area contributed by atoms with Crippen molar-refractivity contribution in [3.8, 4) is 5.75 Å². The van der Waals surface area contributed by atoms with Crippen LogP contribution in [0.2, 0.25) is 0 Å². The van der Waals surface area contributed by atoms with Crippen LogP contribution in [0.25, 0.3) is 5.57 Å². The van der Waals surface area contributed by atoms with Gasteiger partial charge in [-0.1, -0.05) is 12.1 Å². The molecule has 0 spiro atoms. The van der Waals surface area contributed by atoms with Gasteiger partial charge >= 0.3 is 0 Å². The largest absolute Gasteiger partial charge is 0.497 e. The van der Waals surface area contributed by atoms with Gasteiger partial charge in [-0.3, -0.25) is 9.48 Å². The molecule has 0 aliphatic rings. The molecule has 2 aromatic rings. The summed E-state index contributed by atoms with van der Waals surface area (Å²) in [5.74, 6) is 0.472. The zero-order chi connectivity index (χ0) is 17.7. The lowest BCUT2D eigenvalue weighted by Gasteiger charge is -2.21. The average molecular weight is 329 g/mol. The second-order valence-corrected chi connectivity index (χ2v) is 5.95. The van der Waals surface area contributed by atoms with Crippen LogP contribution in [-0.2, 0) is 17.4 Å². The predicted octanol–water partition coefficient (Wildman–Crippen LogP) is 1.86. The number of hydrogen-bond acceptors (Lipinski definition) is 4. The molecule has 1 unspecified atom stereocenters. The third kappa shape index (κ3) is 4.45. The Bertz CT molecular complexity index is 747. The van der Waals surface area contributed by atoms with E-state index >= 15 is 0 Å². The molecule has 0 aliphatic carbocycles. The van der Waals surface area contributed by atoms with Crippen molar-refractivity contribution in [3.05, 3.63) is 53.9 Å². The van der Waals surface area contributed by atoms with Gasteiger partial charge in [0.2, 0.25) is 5.91 Å². The van der Waals surface area contributed by atoms with Crippen molar-refractivity contribution in [2.24, 2.45) is 7.05 Å². The number of aryl methyl sites for hydroxylation is 1. The molecule has 0 bridgehead atoms. The molecule has 6 heteroatoms. The molecule has 1 amide bonds. The van der Waals surface area contributed by atoms with E-state index in [0.29, 0.717) is 5.56 Å². The molecule has 0 saturated heterocycles. The first-order valence-electron chi connectivity index (χ1n) is 7.64. The Labute approximate surface area is 141 Å². The van der Waals surface area contributed by atoms with Gasteiger partial charge in [0.1, 0.15) is 11.4 Å². The fourth-order valence-electron chi connectivity index (χ4n) is 2.26. The minimum atomic E-state index is -1.18. The van der Waals surface area contributed by atoms with Crippen molar-refractivity contribution in [1.29, 1.82) is 0 Å². The maximum atomic E-state index is 12.1. The number of hydrogen-bond donors (Lipinski definition) is 2. The van der Waals surface area contributed by atoms with Gasteiger partial charge < -0.3 is 15.2 Å². The summed E-state index contributed by atoms with van der Waals surface area (Å²) in [5, 5.41) is 17.2. The van der Waals surface area contributed by atoms with E-state index in [1.54, 1.807) is 38.2 Å². The van der Waals surface area contributed by atoms with Crippen LogP contribution in [0.15, 0.2) is 42.7 Å². The van der Waals surface area contributed by atoms with Gasteiger partial charge in [0.15, 0.2) is 0 Å². The zero-order valence-corrected chi connectivity index (χ0v) is 14.4. The van der Waals surface area contributed by atoms with E-state index in [9.17, 15) is 9.90 Å². The Morgan fingerprint density at radius 1 is 1.50 bits per heavy atom. The zero-order valence-electron chi connectivity index (χ0n) is 14.4. The lowest BCUT2D eigenvalue weighted by atomic mass is 9.99. The first kappa shape index (κ1) is 17.7. The summed E-state index contributed by atoms with van der Waals surface area (Å²) in [5.41, 5.74) is 1.19. The fourth-order valence-corrected chi connectivity index (χ4v) is 2.26. The van der Waals surface area contributed by atoms with Crippen molar-refractivity contribution in [3.63, 3.8) is 0 Å². The van der Waals surface area contributed by atoms with E-state index in [0.717, 1.165) is 16.9 Å². The quantitative estimate of drug-likeness (QED) is 0.793. The van der Waals surface area contributed by atoms with E-state index in [1.165, 1.54) is 6.08 Å². The van der Waals surface area contributed by atoms with Crippen LogP contribution in [-0.4, -0.2) is 34.4 Å². The third-order valence-electron chi connectivity index (χ3n) is 3.81. The molecule has 128 valence electrons. The number of aromatic nitrogens is 2. The Balaban J connectivity index is 2.01. The smallest absolute Gasteiger partial charge is 0.244 e. The molecule has 0 aliphatic heterocycles. The summed E-state index contributed by atoms with van der Waals surface area (Å²) in [4.78, 5) is 12.1. The molecule has 2 N–H and O–H groups in total. The molecule has 6 nitrogen and oxygen atoms in total. The number of nitrogens with zero attached hydrogens (tertiary/aromatic N) is 2. The van der Waals surface area contributed by atoms with Crippen LogP contribution in [0.4, 0.5) is 0 Å². The first-order valence-corrected chi connectivity index (χ1v) is 7.64. The van der Waals surface area contributed by atoms with Crippen LogP contribution < -0.4 is 10.1 Å². The normalized spacial score (nSPS) is 14.1. The Hall–Kier alpha value is -2.60. The van der Waals surface area contributed by atoms with Crippen molar-refractivity contribution in [2.45, 2.75) is 19.4 Å². The van der Waals surface area contributed by atoms with Crippen LogP contribution in [0.1, 0.15) is 25.0 Å². The van der Waals surface area contributed by atoms with Gasteiger partial charge in [-0.05, 0) is 37.1 Å². The number of aliphatic hydroxyl groups is 1. The van der Waals surface area contributed by atoms with E-state index in [1.807, 2.05) is 31.2 Å². The minimum Gasteiger partial charge on any atom is -0.497 e. The molecular formula is C18H23N3O3. The molecular weight excluding hydrogens is 306 g/mol. The number of carbonyl (C=O) groups excluding carboxylic acids is 1. The summed E-state index contributed by atoms with van der Waals surface area (Å²) in [6.07, 6.45) is 4.82. The number of benzene rings is 1. The third-order valence-corrected chi connectivity index (χ3v) is 3.81. The van der Waals surface area contributed by atoms with Gasteiger partial charge in [-0.25, -0.2) is 0 Å². The Kier molecular flexibility index (Phi) is 5.41. The van der Waals surface area contributed by atoms with Gasteiger partial charge in [-0.2, -0.15) is 5.10 Å². The monoisotopic (exact) mass is 329 g/mol. The van der Waals surface area contributed by atoms with Gasteiger partial charge in [-0.15, -0.1) is 0 Å². The topological polar surface area (TPSA) is 76.4 Å². The highest BCUT2D eigenvalue weighted by Gasteiger charge is 2.25. The Morgan fingerprint density at radius 2 is 2.25 bits per heavy atom. The fraction of sp³-hybridized carbons (Fsp3) is 0.333. The van der Waals surface area contributed by atoms with Gasteiger partial charge in [0, 0.05) is 24.9 Å². The summed E-state index contributed by atoms with van der Waals surface area (Å²) in [6.45, 7) is 3.59. The standard InChI is InChI=1S/C18H23N3O3/c1-13(14-6-5-7-16(9-14)24-4)8-17(22)19-12-18(2,23)15-10-20-21(3)11-15/h5-11,23H,12H2,1-4H3,(H,19,22). The number of carbonyl (C=O) groups is 1. The number of amides is 1. The first-order chi connectivity index (χ1) is 11.3. The average Bonchev–Trinajstić information content (AvgIpc) is 3.00. The molecule has 0 saturated carbocycles. The van der Waals surface area contributed by atoms with Crippen molar-refractivity contribution in [2.75, 3.05) is 13.7 Å². The van der Waals surface area contributed by atoms with E-state index in [-0.39, 0.29) is 12.5 Å². The molecule has 1 aromatic carbocycles. The summed E-state index contributed by atoms with van der Waals surface area (Å²) < 4.78 is 6.79. The summed E-state index contributed by atoms with van der Waals surface area (Å²) in [6, 6.07) is 7.50. The highest BCUT2D eigenvalue weighted by molar-refractivity contribution is 5.94. The van der Waals surface area contributed by atoms with Crippen LogP contribution in [0.5, 0.6) is 5.75 Å². The van der Waals surface area contributed by atoms with Crippen molar-refractivity contribution < 1.29 is 14.6 Å². The second kappa shape index (κ2) is 7.31. The lowest BCUT2D eigenvalue weighted by Crippen LogP contribution is -2.37. The minimum absolute atomic E-state index is 0.0966. The second-order valence-electron chi connectivity index (χ2n) is 5.95. The number of allylic oxidation sites excluding steroid dienone is 1. The number of methoxy groups -OCH3 is 1. The van der Waals surface area contributed by atoms with Gasteiger partial charge in [0.05, 0.1) is 19.9 Å². The molecule has 2 rings (SSSR count). The maximum Gasteiger partial charge on any atom is 0.244 e. The maximum absolute atomic E-state index is 12.1. The number of ether oxygens (including phenoxy) is 1. The Morgan fingerprint density at radius 3 is 2.88 bits per heavy atom. The molecule has 1 atom stereocenters. The molecule has 1 heterocycles. The lowest BCUT2D eigenvalue weighted by molar-refractivity contribution is -0.117. The van der Waals surface area contributed by atoms with Crippen LogP contribution in [0.3, 0.4) is 0 Å². The molecule has 24 heavy (non-hydrogen) atoms. The number of nitrogens with one attached hydrogen (secondary N) is 1. The predicted molar refractivity (Wildman–Crippen MR) is 92.4 cm³/mol. The molecule has 0 fully saturated rings. The molecule has 1 aromatic heterocycles. The van der Waals surface area contributed by atoms with E-state index in [2.05, 4.69) is 10.4 Å².